The maximum atomic E-state index is 11.8. The molecule has 1 aromatic rings. The van der Waals surface area contributed by atoms with Crippen LogP contribution in [0.2, 0.25) is 0 Å². The van der Waals surface area contributed by atoms with Crippen molar-refractivity contribution in [2.24, 2.45) is 0 Å². The molecule has 1 saturated carbocycles. The smallest absolute Gasteiger partial charge is 0.239 e. The van der Waals surface area contributed by atoms with Gasteiger partial charge in [0.1, 0.15) is 0 Å². The third kappa shape index (κ3) is 4.74. The number of rotatable bonds is 8. The summed E-state index contributed by atoms with van der Waals surface area (Å²) in [6.07, 6.45) is 3.61. The maximum absolute atomic E-state index is 11.8. The number of likely N-dealkylation sites (N-methyl/N-ethyl adjacent to an activating group) is 1. The first-order chi connectivity index (χ1) is 10.1. The second-order valence-corrected chi connectivity index (χ2v) is 5.88. The quantitative estimate of drug-likeness (QED) is 0.771. The molecule has 4 heteroatoms. The standard InChI is InChI=1S/C17H27N3O/c1-4-9-20(12-17(21)18-3)16-8-5-13(2)10-14(16)11-19-15-6-7-15/h5,8,10,15,19H,4,6-7,9,11-12H2,1-3H3,(H,18,21). The molecular formula is C17H27N3O. The van der Waals surface area contributed by atoms with Crippen molar-refractivity contribution in [3.8, 4) is 0 Å². The number of aryl methyl sites for hydroxylation is 1. The van der Waals surface area contributed by atoms with Crippen LogP contribution in [0, 0.1) is 6.92 Å². The normalized spacial score (nSPS) is 14.0. The number of hydrogen-bond donors (Lipinski definition) is 2. The highest BCUT2D eigenvalue weighted by molar-refractivity contribution is 5.81. The molecule has 0 aliphatic heterocycles. The molecule has 1 aliphatic carbocycles. The first-order valence-electron chi connectivity index (χ1n) is 7.92. The molecule has 4 nitrogen and oxygen atoms in total. The first-order valence-corrected chi connectivity index (χ1v) is 7.92. The zero-order chi connectivity index (χ0) is 15.2. The second kappa shape index (κ2) is 7.46. The number of hydrogen-bond acceptors (Lipinski definition) is 3. The van der Waals surface area contributed by atoms with Crippen LogP contribution in [0.25, 0.3) is 0 Å². The third-order valence-corrected chi connectivity index (χ3v) is 3.84. The average Bonchev–Trinajstić information content (AvgIpc) is 3.29. The Balaban J connectivity index is 2.17. The Morgan fingerprint density at radius 3 is 2.76 bits per heavy atom. The molecule has 1 fully saturated rings. The number of benzene rings is 1. The highest BCUT2D eigenvalue weighted by atomic mass is 16.1. The monoisotopic (exact) mass is 289 g/mol. The van der Waals surface area contributed by atoms with Gasteiger partial charge >= 0.3 is 0 Å². The van der Waals surface area contributed by atoms with Gasteiger partial charge in [-0.15, -0.1) is 0 Å². The van der Waals surface area contributed by atoms with Crippen molar-refractivity contribution in [3.63, 3.8) is 0 Å². The van der Waals surface area contributed by atoms with Gasteiger partial charge < -0.3 is 15.5 Å². The highest BCUT2D eigenvalue weighted by Crippen LogP contribution is 2.25. The minimum atomic E-state index is 0.0603. The summed E-state index contributed by atoms with van der Waals surface area (Å²) in [5.41, 5.74) is 3.74. The lowest BCUT2D eigenvalue weighted by Gasteiger charge is -2.26. The predicted molar refractivity (Wildman–Crippen MR) is 87.6 cm³/mol. The molecule has 0 spiro atoms. The van der Waals surface area contributed by atoms with Crippen molar-refractivity contribution >= 4 is 11.6 Å². The summed E-state index contributed by atoms with van der Waals surface area (Å²) in [6, 6.07) is 7.20. The summed E-state index contributed by atoms with van der Waals surface area (Å²) in [5, 5.41) is 6.30. The topological polar surface area (TPSA) is 44.4 Å². The van der Waals surface area contributed by atoms with Gasteiger partial charge in [0.25, 0.3) is 0 Å². The molecule has 0 atom stereocenters. The predicted octanol–water partition coefficient (Wildman–Crippen LogP) is 2.21. The van der Waals surface area contributed by atoms with Crippen LogP contribution >= 0.6 is 0 Å². The molecule has 0 aromatic heterocycles. The van der Waals surface area contributed by atoms with Crippen molar-refractivity contribution in [3.05, 3.63) is 29.3 Å². The number of carbonyl (C=O) groups excluding carboxylic acids is 1. The van der Waals surface area contributed by atoms with Gasteiger partial charge in [-0.3, -0.25) is 4.79 Å². The van der Waals surface area contributed by atoms with Crippen LogP contribution in [0.15, 0.2) is 18.2 Å². The Morgan fingerprint density at radius 2 is 2.14 bits per heavy atom. The minimum absolute atomic E-state index is 0.0603. The van der Waals surface area contributed by atoms with E-state index in [4.69, 9.17) is 0 Å². The lowest BCUT2D eigenvalue weighted by molar-refractivity contribution is -0.119. The minimum Gasteiger partial charge on any atom is -0.362 e. The van der Waals surface area contributed by atoms with Crippen LogP contribution in [-0.4, -0.2) is 32.1 Å². The molecule has 0 saturated heterocycles. The fourth-order valence-electron chi connectivity index (χ4n) is 2.51. The van der Waals surface area contributed by atoms with E-state index in [-0.39, 0.29) is 5.91 Å². The van der Waals surface area contributed by atoms with Crippen LogP contribution < -0.4 is 15.5 Å². The summed E-state index contributed by atoms with van der Waals surface area (Å²) in [4.78, 5) is 13.9. The van der Waals surface area contributed by atoms with Crippen LogP contribution in [-0.2, 0) is 11.3 Å². The molecule has 0 heterocycles. The van der Waals surface area contributed by atoms with E-state index in [9.17, 15) is 4.79 Å². The van der Waals surface area contributed by atoms with E-state index in [1.807, 2.05) is 0 Å². The van der Waals surface area contributed by atoms with Gasteiger partial charge in [-0.1, -0.05) is 24.6 Å². The molecule has 116 valence electrons. The summed E-state index contributed by atoms with van der Waals surface area (Å²) >= 11 is 0. The summed E-state index contributed by atoms with van der Waals surface area (Å²) in [5.74, 6) is 0.0603. The van der Waals surface area contributed by atoms with Gasteiger partial charge in [0.05, 0.1) is 6.54 Å². The van der Waals surface area contributed by atoms with Crippen LogP contribution in [0.5, 0.6) is 0 Å². The molecule has 21 heavy (non-hydrogen) atoms. The summed E-state index contributed by atoms with van der Waals surface area (Å²) < 4.78 is 0. The number of nitrogens with zero attached hydrogens (tertiary/aromatic N) is 1. The van der Waals surface area contributed by atoms with E-state index in [1.165, 1.54) is 29.7 Å². The number of nitrogens with one attached hydrogen (secondary N) is 2. The van der Waals surface area contributed by atoms with E-state index in [0.717, 1.165) is 19.5 Å². The van der Waals surface area contributed by atoms with E-state index in [2.05, 4.69) is 47.6 Å². The van der Waals surface area contributed by atoms with Crippen molar-refractivity contribution in [2.75, 3.05) is 25.0 Å². The van der Waals surface area contributed by atoms with Gasteiger partial charge in [0, 0.05) is 31.9 Å². The largest absolute Gasteiger partial charge is 0.362 e. The molecule has 0 unspecified atom stereocenters. The number of anilines is 1. The van der Waals surface area contributed by atoms with E-state index < -0.39 is 0 Å². The Bertz CT molecular complexity index is 483. The molecule has 2 rings (SSSR count). The van der Waals surface area contributed by atoms with Gasteiger partial charge in [-0.05, 0) is 37.8 Å². The Labute approximate surface area is 127 Å². The Hall–Kier alpha value is -1.55. The van der Waals surface area contributed by atoms with E-state index >= 15 is 0 Å². The van der Waals surface area contributed by atoms with Crippen molar-refractivity contribution < 1.29 is 4.79 Å². The van der Waals surface area contributed by atoms with Crippen LogP contribution in [0.3, 0.4) is 0 Å². The highest BCUT2D eigenvalue weighted by Gasteiger charge is 2.21. The van der Waals surface area contributed by atoms with Crippen molar-refractivity contribution in [1.29, 1.82) is 0 Å². The maximum Gasteiger partial charge on any atom is 0.239 e. The van der Waals surface area contributed by atoms with E-state index in [1.54, 1.807) is 7.05 Å². The van der Waals surface area contributed by atoms with Crippen molar-refractivity contribution in [2.45, 2.75) is 45.7 Å². The van der Waals surface area contributed by atoms with Gasteiger partial charge in [-0.25, -0.2) is 0 Å². The lowest BCUT2D eigenvalue weighted by Crippen LogP contribution is -2.37. The zero-order valence-corrected chi connectivity index (χ0v) is 13.4. The Kier molecular flexibility index (Phi) is 5.62. The van der Waals surface area contributed by atoms with Gasteiger partial charge in [0.2, 0.25) is 5.91 Å². The Morgan fingerprint density at radius 1 is 1.38 bits per heavy atom. The molecule has 0 radical (unpaired) electrons. The van der Waals surface area contributed by atoms with Crippen LogP contribution in [0.4, 0.5) is 5.69 Å². The first kappa shape index (κ1) is 15.8. The molecule has 2 N–H and O–H groups in total. The molecule has 0 bridgehead atoms. The third-order valence-electron chi connectivity index (χ3n) is 3.84. The zero-order valence-electron chi connectivity index (χ0n) is 13.4. The van der Waals surface area contributed by atoms with Gasteiger partial charge in [0.15, 0.2) is 0 Å². The summed E-state index contributed by atoms with van der Waals surface area (Å²) in [6.45, 7) is 6.47. The summed E-state index contributed by atoms with van der Waals surface area (Å²) in [7, 11) is 1.69. The fraction of sp³-hybridized carbons (Fsp3) is 0.588. The number of carbonyl (C=O) groups is 1. The van der Waals surface area contributed by atoms with Crippen molar-refractivity contribution in [1.82, 2.24) is 10.6 Å². The average molecular weight is 289 g/mol. The molecule has 1 aliphatic rings. The SMILES string of the molecule is CCCN(CC(=O)NC)c1ccc(C)cc1CNC1CC1. The van der Waals surface area contributed by atoms with E-state index in [0.29, 0.717) is 12.6 Å². The number of amides is 1. The molecule has 1 amide bonds. The molecular weight excluding hydrogens is 262 g/mol. The fourth-order valence-corrected chi connectivity index (χ4v) is 2.51. The molecule has 1 aromatic carbocycles. The van der Waals surface area contributed by atoms with Crippen LogP contribution in [0.1, 0.15) is 37.3 Å². The van der Waals surface area contributed by atoms with Gasteiger partial charge in [-0.2, -0.15) is 0 Å². The lowest BCUT2D eigenvalue weighted by atomic mass is 10.1. The second-order valence-electron chi connectivity index (χ2n) is 5.88.